The van der Waals surface area contributed by atoms with Gasteiger partial charge < -0.3 is 15.2 Å². The Morgan fingerprint density at radius 1 is 0.941 bits per heavy atom. The number of Topliss-reactive ketones (excluding diaryl/α,β-unsaturated/α-hetero) is 1. The zero-order valence-corrected chi connectivity index (χ0v) is 10.3. The SMILES string of the molecule is CC(=O)CCCC(=O)NCCCCCC(=O)O. The van der Waals surface area contributed by atoms with E-state index in [1.54, 1.807) is 0 Å². The largest absolute Gasteiger partial charge is 0.481 e. The molecule has 0 fully saturated rings. The highest BCUT2D eigenvalue weighted by atomic mass is 16.4. The average Bonchev–Trinajstić information content (AvgIpc) is 2.22. The van der Waals surface area contributed by atoms with E-state index in [0.29, 0.717) is 32.2 Å². The maximum Gasteiger partial charge on any atom is 0.303 e. The molecule has 0 bridgehead atoms. The summed E-state index contributed by atoms with van der Waals surface area (Å²) in [5.74, 6) is -0.714. The van der Waals surface area contributed by atoms with Gasteiger partial charge in [-0.2, -0.15) is 0 Å². The van der Waals surface area contributed by atoms with E-state index in [9.17, 15) is 14.4 Å². The Balaban J connectivity index is 3.27. The van der Waals surface area contributed by atoms with E-state index >= 15 is 0 Å². The quantitative estimate of drug-likeness (QED) is 0.570. The second-order valence-corrected chi connectivity index (χ2v) is 4.11. The number of aliphatic carboxylic acids is 1. The summed E-state index contributed by atoms with van der Waals surface area (Å²) < 4.78 is 0. The first-order chi connectivity index (χ1) is 8.02. The van der Waals surface area contributed by atoms with Crippen LogP contribution in [-0.4, -0.2) is 29.3 Å². The molecule has 1 amide bonds. The highest BCUT2D eigenvalue weighted by molar-refractivity contribution is 5.78. The van der Waals surface area contributed by atoms with Crippen molar-refractivity contribution in [1.82, 2.24) is 5.32 Å². The molecule has 0 saturated carbocycles. The van der Waals surface area contributed by atoms with E-state index in [1.807, 2.05) is 0 Å². The number of carbonyl (C=O) groups excluding carboxylic acids is 2. The first-order valence-corrected chi connectivity index (χ1v) is 6.00. The fraction of sp³-hybridized carbons (Fsp3) is 0.750. The molecule has 98 valence electrons. The van der Waals surface area contributed by atoms with Gasteiger partial charge in [-0.25, -0.2) is 0 Å². The van der Waals surface area contributed by atoms with Crippen LogP contribution < -0.4 is 5.32 Å². The molecule has 0 aliphatic rings. The second-order valence-electron chi connectivity index (χ2n) is 4.11. The molecule has 2 N–H and O–H groups in total. The molecule has 0 heterocycles. The fourth-order valence-corrected chi connectivity index (χ4v) is 1.39. The normalized spacial score (nSPS) is 9.94. The lowest BCUT2D eigenvalue weighted by Crippen LogP contribution is -2.24. The monoisotopic (exact) mass is 243 g/mol. The van der Waals surface area contributed by atoms with Crippen LogP contribution in [0, 0.1) is 0 Å². The maximum absolute atomic E-state index is 11.2. The molecule has 0 aliphatic carbocycles. The Kier molecular flexibility index (Phi) is 9.01. The van der Waals surface area contributed by atoms with Crippen molar-refractivity contribution >= 4 is 17.7 Å². The Morgan fingerprint density at radius 3 is 2.24 bits per heavy atom. The van der Waals surface area contributed by atoms with Crippen LogP contribution in [0.25, 0.3) is 0 Å². The van der Waals surface area contributed by atoms with Crippen molar-refractivity contribution in [3.8, 4) is 0 Å². The Morgan fingerprint density at radius 2 is 1.65 bits per heavy atom. The van der Waals surface area contributed by atoms with Crippen molar-refractivity contribution in [1.29, 1.82) is 0 Å². The van der Waals surface area contributed by atoms with Crippen LogP contribution in [0.15, 0.2) is 0 Å². The van der Waals surface area contributed by atoms with Gasteiger partial charge >= 0.3 is 5.97 Å². The zero-order chi connectivity index (χ0) is 13.1. The lowest BCUT2D eigenvalue weighted by atomic mass is 10.1. The van der Waals surface area contributed by atoms with Crippen LogP contribution in [0.1, 0.15) is 51.9 Å². The molecule has 0 atom stereocenters. The lowest BCUT2D eigenvalue weighted by molar-refractivity contribution is -0.137. The van der Waals surface area contributed by atoms with E-state index in [1.165, 1.54) is 6.92 Å². The minimum Gasteiger partial charge on any atom is -0.481 e. The predicted molar refractivity (Wildman–Crippen MR) is 63.6 cm³/mol. The Bertz CT molecular complexity index is 263. The molecule has 0 saturated heterocycles. The number of nitrogens with one attached hydrogen (secondary N) is 1. The molecule has 17 heavy (non-hydrogen) atoms. The van der Waals surface area contributed by atoms with Crippen molar-refractivity contribution in [2.75, 3.05) is 6.54 Å². The number of carbonyl (C=O) groups is 3. The molecule has 5 heteroatoms. The van der Waals surface area contributed by atoms with Gasteiger partial charge in [0.2, 0.25) is 5.91 Å². The van der Waals surface area contributed by atoms with Gasteiger partial charge in [0.05, 0.1) is 0 Å². The summed E-state index contributed by atoms with van der Waals surface area (Å²) in [6.07, 6.45) is 3.87. The van der Waals surface area contributed by atoms with Gasteiger partial charge in [-0.3, -0.25) is 9.59 Å². The smallest absolute Gasteiger partial charge is 0.303 e. The minimum absolute atomic E-state index is 0.0375. The lowest BCUT2D eigenvalue weighted by Gasteiger charge is -2.04. The van der Waals surface area contributed by atoms with Crippen LogP contribution in [0.4, 0.5) is 0 Å². The molecule has 0 unspecified atom stereocenters. The van der Waals surface area contributed by atoms with Gasteiger partial charge in [0, 0.05) is 25.8 Å². The van der Waals surface area contributed by atoms with E-state index in [4.69, 9.17) is 5.11 Å². The first kappa shape index (κ1) is 15.6. The van der Waals surface area contributed by atoms with E-state index < -0.39 is 5.97 Å². The minimum atomic E-state index is -0.779. The number of hydrogen-bond donors (Lipinski definition) is 2. The van der Waals surface area contributed by atoms with Crippen LogP contribution >= 0.6 is 0 Å². The summed E-state index contributed by atoms with van der Waals surface area (Å²) in [5, 5.41) is 11.1. The molecule has 0 aliphatic heterocycles. The third-order valence-electron chi connectivity index (χ3n) is 2.32. The summed E-state index contributed by atoms with van der Waals surface area (Å²) >= 11 is 0. The third kappa shape index (κ3) is 12.5. The molecule has 5 nitrogen and oxygen atoms in total. The van der Waals surface area contributed by atoms with Crippen molar-refractivity contribution in [2.24, 2.45) is 0 Å². The predicted octanol–water partition coefficient (Wildman–Crippen LogP) is 1.51. The number of unbranched alkanes of at least 4 members (excludes halogenated alkanes) is 2. The Hall–Kier alpha value is -1.39. The summed E-state index contributed by atoms with van der Waals surface area (Å²) in [4.78, 5) is 32.1. The van der Waals surface area contributed by atoms with Crippen molar-refractivity contribution < 1.29 is 19.5 Å². The number of carboxylic acids is 1. The summed E-state index contributed by atoms with van der Waals surface area (Å²) in [6.45, 7) is 2.10. The van der Waals surface area contributed by atoms with Crippen LogP contribution in [-0.2, 0) is 14.4 Å². The standard InChI is InChI=1S/C12H21NO4/c1-10(14)6-5-7-11(15)13-9-4-2-3-8-12(16)17/h2-9H2,1H3,(H,13,15)(H,16,17). The number of amides is 1. The van der Waals surface area contributed by atoms with Crippen LogP contribution in [0.2, 0.25) is 0 Å². The Labute approximate surface area is 102 Å². The van der Waals surface area contributed by atoms with Crippen LogP contribution in [0.3, 0.4) is 0 Å². The van der Waals surface area contributed by atoms with E-state index in [-0.39, 0.29) is 18.1 Å². The van der Waals surface area contributed by atoms with Gasteiger partial charge in [0.25, 0.3) is 0 Å². The fourth-order valence-electron chi connectivity index (χ4n) is 1.39. The molecule has 0 rings (SSSR count). The molecule has 0 aromatic heterocycles. The molecule has 0 aromatic carbocycles. The molecule has 0 radical (unpaired) electrons. The molecule has 0 aromatic rings. The van der Waals surface area contributed by atoms with Gasteiger partial charge in [-0.15, -0.1) is 0 Å². The van der Waals surface area contributed by atoms with E-state index in [2.05, 4.69) is 5.32 Å². The van der Waals surface area contributed by atoms with Gasteiger partial charge in [0.15, 0.2) is 0 Å². The number of hydrogen-bond acceptors (Lipinski definition) is 3. The summed E-state index contributed by atoms with van der Waals surface area (Å²) in [5.41, 5.74) is 0. The number of carboxylic acid groups (broad SMARTS) is 1. The molecular formula is C12H21NO4. The van der Waals surface area contributed by atoms with E-state index in [0.717, 1.165) is 12.8 Å². The summed E-state index contributed by atoms with van der Waals surface area (Å²) in [7, 11) is 0. The van der Waals surface area contributed by atoms with Gasteiger partial charge in [0.1, 0.15) is 5.78 Å². The van der Waals surface area contributed by atoms with Crippen molar-refractivity contribution in [3.63, 3.8) is 0 Å². The number of ketones is 1. The maximum atomic E-state index is 11.2. The highest BCUT2D eigenvalue weighted by Gasteiger charge is 2.02. The topological polar surface area (TPSA) is 83.5 Å². The van der Waals surface area contributed by atoms with Gasteiger partial charge in [-0.05, 0) is 26.2 Å². The van der Waals surface area contributed by atoms with Crippen molar-refractivity contribution in [3.05, 3.63) is 0 Å². The first-order valence-electron chi connectivity index (χ1n) is 6.00. The molecular weight excluding hydrogens is 222 g/mol. The van der Waals surface area contributed by atoms with Crippen LogP contribution in [0.5, 0.6) is 0 Å². The summed E-state index contributed by atoms with van der Waals surface area (Å²) in [6, 6.07) is 0. The zero-order valence-electron chi connectivity index (χ0n) is 10.3. The number of rotatable bonds is 10. The molecule has 0 spiro atoms. The third-order valence-corrected chi connectivity index (χ3v) is 2.32. The van der Waals surface area contributed by atoms with Gasteiger partial charge in [-0.1, -0.05) is 6.42 Å². The van der Waals surface area contributed by atoms with Crippen molar-refractivity contribution in [2.45, 2.75) is 51.9 Å². The second kappa shape index (κ2) is 9.81. The highest BCUT2D eigenvalue weighted by Crippen LogP contribution is 1.99. The average molecular weight is 243 g/mol.